The zero-order chi connectivity index (χ0) is 23.1. The predicted molar refractivity (Wildman–Crippen MR) is 128 cm³/mol. The molecular weight excluding hydrogens is 426 g/mol. The maximum Gasteiger partial charge on any atom is 0.307 e. The summed E-state index contributed by atoms with van der Waals surface area (Å²) in [5.41, 5.74) is 1.23. The molecule has 0 saturated carbocycles. The van der Waals surface area contributed by atoms with Gasteiger partial charge >= 0.3 is 5.97 Å². The minimum atomic E-state index is -0.211. The van der Waals surface area contributed by atoms with Gasteiger partial charge in [0.05, 0.1) is 13.0 Å². The molecule has 2 saturated heterocycles. The summed E-state index contributed by atoms with van der Waals surface area (Å²) < 4.78 is 10.7. The monoisotopic (exact) mass is 461 g/mol. The van der Waals surface area contributed by atoms with E-state index in [-0.39, 0.29) is 29.9 Å². The van der Waals surface area contributed by atoms with Crippen molar-refractivity contribution in [2.24, 2.45) is 5.41 Å². The van der Waals surface area contributed by atoms with E-state index in [1.165, 1.54) is 0 Å². The molecule has 1 unspecified atom stereocenters. The fourth-order valence-corrected chi connectivity index (χ4v) is 4.88. The zero-order valence-electron chi connectivity index (χ0n) is 19.4. The van der Waals surface area contributed by atoms with E-state index in [1.807, 2.05) is 43.0 Å². The lowest BCUT2D eigenvalue weighted by molar-refractivity contribution is -0.143. The average molecular weight is 462 g/mol. The third-order valence-electron chi connectivity index (χ3n) is 6.50. The van der Waals surface area contributed by atoms with Crippen molar-refractivity contribution in [1.82, 2.24) is 15.1 Å². The van der Waals surface area contributed by atoms with E-state index in [2.05, 4.69) is 10.2 Å². The van der Waals surface area contributed by atoms with Crippen LogP contribution in [0.3, 0.4) is 0 Å². The molecule has 0 bridgehead atoms. The zero-order valence-corrected chi connectivity index (χ0v) is 20.2. The van der Waals surface area contributed by atoms with E-state index >= 15 is 0 Å². The predicted octanol–water partition coefficient (Wildman–Crippen LogP) is 2.90. The number of piperidine rings is 1. The second kappa shape index (κ2) is 11.0. The largest absolute Gasteiger partial charge is 0.484 e. The summed E-state index contributed by atoms with van der Waals surface area (Å²) in [6.45, 7) is 9.51. The molecule has 3 rings (SSSR count). The summed E-state index contributed by atoms with van der Waals surface area (Å²) in [6.07, 6.45) is 3.32. The number of para-hydroxylation sites is 1. The van der Waals surface area contributed by atoms with Crippen molar-refractivity contribution in [3.8, 4) is 5.75 Å². The Morgan fingerprint density at radius 1 is 1.16 bits per heavy atom. The highest BCUT2D eigenvalue weighted by atomic mass is 32.1. The van der Waals surface area contributed by atoms with Crippen LogP contribution in [0.5, 0.6) is 5.75 Å². The molecule has 0 aliphatic carbocycles. The quantitative estimate of drug-likeness (QED) is 0.495. The van der Waals surface area contributed by atoms with E-state index in [1.54, 1.807) is 6.92 Å². The molecule has 1 spiro atoms. The molecule has 2 aliphatic rings. The van der Waals surface area contributed by atoms with Crippen LogP contribution in [0.2, 0.25) is 0 Å². The molecule has 2 aliphatic heterocycles. The van der Waals surface area contributed by atoms with Gasteiger partial charge in [-0.3, -0.25) is 9.59 Å². The number of carbonyl (C=O) groups excluding carboxylic acids is 2. The number of rotatable bonds is 7. The summed E-state index contributed by atoms with van der Waals surface area (Å²) in [4.78, 5) is 28.4. The first kappa shape index (κ1) is 24.3. The molecule has 7 nitrogen and oxygen atoms in total. The van der Waals surface area contributed by atoms with Crippen molar-refractivity contribution in [2.75, 3.05) is 39.4 Å². The van der Waals surface area contributed by atoms with E-state index in [0.29, 0.717) is 18.1 Å². The van der Waals surface area contributed by atoms with E-state index in [9.17, 15) is 9.59 Å². The first-order valence-electron chi connectivity index (χ1n) is 11.5. The van der Waals surface area contributed by atoms with Gasteiger partial charge in [-0.2, -0.15) is 0 Å². The molecular formula is C24H35N3O4S. The van der Waals surface area contributed by atoms with E-state index in [4.69, 9.17) is 21.7 Å². The second-order valence-electron chi connectivity index (χ2n) is 8.97. The molecule has 1 aromatic carbocycles. The number of nitrogens with zero attached hydrogens (tertiary/aromatic N) is 2. The molecule has 176 valence electrons. The van der Waals surface area contributed by atoms with Crippen LogP contribution in [-0.2, 0) is 14.3 Å². The standard InChI is InChI=1S/C24H35N3O4S/c1-4-30-22(29)15-19(3)25-23(32)27-14-11-24(17-27)9-12-26(13-10-24)21(28)16-31-20-8-6-5-7-18(20)2/h5-8,19H,4,9-17H2,1-3H3,(H,25,32). The molecule has 2 fully saturated rings. The topological polar surface area (TPSA) is 71.1 Å². The lowest BCUT2D eigenvalue weighted by atomic mass is 9.78. The Kier molecular flexibility index (Phi) is 8.34. The fraction of sp³-hybridized carbons (Fsp3) is 0.625. The minimum absolute atomic E-state index is 0.0444. The van der Waals surface area contributed by atoms with Gasteiger partial charge in [-0.1, -0.05) is 18.2 Å². The molecule has 1 N–H and O–H groups in total. The van der Waals surface area contributed by atoms with Gasteiger partial charge in [-0.15, -0.1) is 0 Å². The summed E-state index contributed by atoms with van der Waals surface area (Å²) >= 11 is 5.60. The number of esters is 1. The van der Waals surface area contributed by atoms with Crippen LogP contribution in [0.4, 0.5) is 0 Å². The summed E-state index contributed by atoms with van der Waals surface area (Å²) in [7, 11) is 0. The van der Waals surface area contributed by atoms with Crippen LogP contribution in [0.25, 0.3) is 0 Å². The van der Waals surface area contributed by atoms with Crippen LogP contribution in [-0.4, -0.2) is 72.2 Å². The smallest absolute Gasteiger partial charge is 0.307 e. The number of hydrogen-bond acceptors (Lipinski definition) is 5. The number of hydrogen-bond donors (Lipinski definition) is 1. The van der Waals surface area contributed by atoms with Crippen LogP contribution in [0.15, 0.2) is 24.3 Å². The summed E-state index contributed by atoms with van der Waals surface area (Å²) in [5.74, 6) is 0.596. The van der Waals surface area contributed by atoms with Crippen LogP contribution >= 0.6 is 12.2 Å². The van der Waals surface area contributed by atoms with Crippen molar-refractivity contribution in [1.29, 1.82) is 0 Å². The van der Waals surface area contributed by atoms with Crippen LogP contribution in [0.1, 0.15) is 45.1 Å². The molecule has 1 aromatic rings. The molecule has 32 heavy (non-hydrogen) atoms. The highest BCUT2D eigenvalue weighted by Crippen LogP contribution is 2.40. The van der Waals surface area contributed by atoms with Gasteiger partial charge in [0.15, 0.2) is 11.7 Å². The van der Waals surface area contributed by atoms with Gasteiger partial charge in [-0.05, 0) is 69.3 Å². The Morgan fingerprint density at radius 3 is 2.47 bits per heavy atom. The van der Waals surface area contributed by atoms with Crippen LogP contribution < -0.4 is 10.1 Å². The van der Waals surface area contributed by atoms with Gasteiger partial charge in [0, 0.05) is 32.2 Å². The number of benzene rings is 1. The third kappa shape index (κ3) is 6.34. The van der Waals surface area contributed by atoms with Gasteiger partial charge in [0.25, 0.3) is 5.91 Å². The fourth-order valence-electron chi connectivity index (χ4n) is 4.52. The Hall–Kier alpha value is -2.35. The summed E-state index contributed by atoms with van der Waals surface area (Å²) in [6, 6.07) is 7.69. The molecule has 1 amide bonds. The Labute approximate surface area is 196 Å². The maximum absolute atomic E-state index is 12.6. The van der Waals surface area contributed by atoms with Gasteiger partial charge < -0.3 is 24.6 Å². The second-order valence-corrected chi connectivity index (χ2v) is 9.35. The number of thiocarbonyl (C=S) groups is 1. The van der Waals surface area contributed by atoms with Crippen molar-refractivity contribution >= 4 is 29.2 Å². The normalized spacial score (nSPS) is 18.3. The Morgan fingerprint density at radius 2 is 1.81 bits per heavy atom. The highest BCUT2D eigenvalue weighted by molar-refractivity contribution is 7.80. The van der Waals surface area contributed by atoms with Crippen molar-refractivity contribution < 1.29 is 19.1 Å². The SMILES string of the molecule is CCOC(=O)CC(C)NC(=S)N1CCC2(CCN(C(=O)COc3ccccc3C)CC2)C1. The van der Waals surface area contributed by atoms with Crippen molar-refractivity contribution in [2.45, 2.75) is 52.5 Å². The van der Waals surface area contributed by atoms with Gasteiger partial charge in [0.2, 0.25) is 0 Å². The first-order valence-corrected chi connectivity index (χ1v) is 11.9. The van der Waals surface area contributed by atoms with Crippen molar-refractivity contribution in [3.63, 3.8) is 0 Å². The van der Waals surface area contributed by atoms with E-state index in [0.717, 1.165) is 56.8 Å². The molecule has 2 heterocycles. The van der Waals surface area contributed by atoms with Crippen molar-refractivity contribution in [3.05, 3.63) is 29.8 Å². The van der Waals surface area contributed by atoms with Gasteiger partial charge in [-0.25, -0.2) is 0 Å². The molecule has 0 radical (unpaired) electrons. The number of ether oxygens (including phenoxy) is 2. The highest BCUT2D eigenvalue weighted by Gasteiger charge is 2.42. The molecule has 1 atom stereocenters. The Balaban J connectivity index is 1.42. The lowest BCUT2D eigenvalue weighted by Crippen LogP contribution is -2.47. The lowest BCUT2D eigenvalue weighted by Gasteiger charge is -2.39. The van der Waals surface area contributed by atoms with Crippen LogP contribution in [0, 0.1) is 12.3 Å². The number of aryl methyl sites for hydroxylation is 1. The minimum Gasteiger partial charge on any atom is -0.484 e. The van der Waals surface area contributed by atoms with E-state index < -0.39 is 0 Å². The number of carbonyl (C=O) groups is 2. The first-order chi connectivity index (χ1) is 15.3. The van der Waals surface area contributed by atoms with Gasteiger partial charge in [0.1, 0.15) is 5.75 Å². The Bertz CT molecular complexity index is 823. The number of amides is 1. The summed E-state index contributed by atoms with van der Waals surface area (Å²) in [5, 5.41) is 3.97. The number of nitrogens with one attached hydrogen (secondary N) is 1. The molecule has 8 heteroatoms. The number of likely N-dealkylation sites (tertiary alicyclic amines) is 2. The maximum atomic E-state index is 12.6. The average Bonchev–Trinajstić information content (AvgIpc) is 3.17. The molecule has 0 aromatic heterocycles. The third-order valence-corrected chi connectivity index (χ3v) is 6.87.